The molecular formula is C31H33FN6O3S. The number of nitrogens with one attached hydrogen (secondary N) is 3. The van der Waals surface area contributed by atoms with Crippen LogP contribution in [-0.2, 0) is 4.79 Å². The zero-order valence-electron chi connectivity index (χ0n) is 23.8. The lowest BCUT2D eigenvalue weighted by atomic mass is 10.1. The van der Waals surface area contributed by atoms with E-state index in [0.29, 0.717) is 17.1 Å². The highest BCUT2D eigenvalue weighted by Gasteiger charge is 2.22. The Bertz CT molecular complexity index is 1710. The molecule has 0 saturated carbocycles. The second kappa shape index (κ2) is 12.2. The number of halogens is 1. The molecule has 11 heteroatoms. The van der Waals surface area contributed by atoms with E-state index in [9.17, 15) is 14.0 Å². The molecule has 218 valence electrons. The number of ether oxygens (including phenoxy) is 1. The quantitative estimate of drug-likeness (QED) is 0.141. The number of hydrogen-bond acceptors (Lipinski definition) is 7. The molecule has 0 aliphatic heterocycles. The summed E-state index contributed by atoms with van der Waals surface area (Å²) in [7, 11) is 0. The monoisotopic (exact) mass is 588 g/mol. The van der Waals surface area contributed by atoms with Gasteiger partial charge < -0.3 is 25.5 Å². The van der Waals surface area contributed by atoms with Crippen LogP contribution in [0.4, 0.5) is 15.9 Å². The average molecular weight is 589 g/mol. The number of aromatic amines is 1. The Morgan fingerprint density at radius 3 is 2.67 bits per heavy atom. The van der Waals surface area contributed by atoms with E-state index in [1.165, 1.54) is 28.9 Å². The largest absolute Gasteiger partial charge is 0.483 e. The summed E-state index contributed by atoms with van der Waals surface area (Å²) in [5, 5.41) is 8.12. The number of carbonyl (C=O) groups excluding carboxylic acids is 2. The van der Waals surface area contributed by atoms with Gasteiger partial charge in [-0.2, -0.15) is 5.10 Å². The van der Waals surface area contributed by atoms with Crippen molar-refractivity contribution in [2.24, 2.45) is 0 Å². The maximum absolute atomic E-state index is 14.1. The van der Waals surface area contributed by atoms with Gasteiger partial charge in [-0.1, -0.05) is 12.2 Å². The van der Waals surface area contributed by atoms with Crippen LogP contribution in [0.3, 0.4) is 0 Å². The Morgan fingerprint density at radius 2 is 1.93 bits per heavy atom. The second-order valence-electron chi connectivity index (χ2n) is 10.5. The Labute approximate surface area is 247 Å². The van der Waals surface area contributed by atoms with E-state index in [2.05, 4.69) is 20.1 Å². The average Bonchev–Trinajstić information content (AvgIpc) is 3.52. The van der Waals surface area contributed by atoms with Crippen molar-refractivity contribution >= 4 is 46.0 Å². The molecule has 0 fully saturated rings. The Hall–Kier alpha value is -4.51. The number of nitrogens with two attached hydrogens (primary N) is 1. The zero-order valence-corrected chi connectivity index (χ0v) is 24.6. The molecule has 5 rings (SSSR count). The number of nitrogens with zero attached hydrogens (tertiary/aromatic N) is 2. The molecule has 1 aliphatic carbocycles. The number of H-pyrrole nitrogens is 1. The normalized spacial score (nSPS) is 16.2. The molecule has 1 amide bonds. The van der Waals surface area contributed by atoms with E-state index >= 15 is 0 Å². The van der Waals surface area contributed by atoms with E-state index in [4.69, 9.17) is 10.5 Å². The summed E-state index contributed by atoms with van der Waals surface area (Å²) in [4.78, 5) is 28.6. The van der Waals surface area contributed by atoms with Crippen LogP contribution in [0.5, 0.6) is 5.75 Å². The van der Waals surface area contributed by atoms with Crippen molar-refractivity contribution in [1.82, 2.24) is 20.1 Å². The molecule has 2 heterocycles. The molecular weight excluding hydrogens is 555 g/mol. The number of amides is 1. The number of anilines is 2. The smallest absolute Gasteiger partial charge is 0.232 e. The van der Waals surface area contributed by atoms with Gasteiger partial charge in [0.25, 0.3) is 0 Å². The number of ketones is 1. The van der Waals surface area contributed by atoms with Crippen LogP contribution in [0.2, 0.25) is 0 Å². The van der Waals surface area contributed by atoms with Gasteiger partial charge in [-0.25, -0.2) is 9.07 Å². The number of fused-ring (bicyclic) bond motifs is 1. The molecule has 0 radical (unpaired) electrons. The van der Waals surface area contributed by atoms with Gasteiger partial charge in [0.05, 0.1) is 28.9 Å². The van der Waals surface area contributed by atoms with Gasteiger partial charge >= 0.3 is 0 Å². The summed E-state index contributed by atoms with van der Waals surface area (Å²) in [6.07, 6.45) is 6.08. The third-order valence-electron chi connectivity index (χ3n) is 6.79. The van der Waals surface area contributed by atoms with Gasteiger partial charge in [-0.15, -0.1) is 0 Å². The number of alkyl halides is 1. The lowest BCUT2D eigenvalue weighted by Crippen LogP contribution is -2.31. The maximum Gasteiger partial charge on any atom is 0.232 e. The Kier molecular flexibility index (Phi) is 8.39. The highest BCUT2D eigenvalue weighted by atomic mass is 32.2. The summed E-state index contributed by atoms with van der Waals surface area (Å²) < 4.78 is 24.7. The van der Waals surface area contributed by atoms with Gasteiger partial charge in [-0.3, -0.25) is 9.59 Å². The number of aryl methyl sites for hydroxylation is 2. The first-order chi connectivity index (χ1) is 20.1. The third kappa shape index (κ3) is 6.20. The van der Waals surface area contributed by atoms with Gasteiger partial charge in [-0.05, 0) is 99.3 Å². The van der Waals surface area contributed by atoms with Crippen LogP contribution >= 0.6 is 11.9 Å². The highest BCUT2D eigenvalue weighted by molar-refractivity contribution is 8.01. The molecule has 0 bridgehead atoms. The van der Waals surface area contributed by atoms with Crippen LogP contribution in [0.15, 0.2) is 66.9 Å². The minimum absolute atomic E-state index is 0.0453. The number of hydrogen-bond donors (Lipinski definition) is 4. The number of rotatable bonds is 10. The van der Waals surface area contributed by atoms with Crippen LogP contribution in [0.25, 0.3) is 16.6 Å². The maximum atomic E-state index is 14.1. The van der Waals surface area contributed by atoms with Gasteiger partial charge in [0.1, 0.15) is 11.6 Å². The van der Waals surface area contributed by atoms with Crippen molar-refractivity contribution in [1.29, 1.82) is 0 Å². The highest BCUT2D eigenvalue weighted by Crippen LogP contribution is 2.29. The lowest BCUT2D eigenvalue weighted by molar-refractivity contribution is -0.119. The molecule has 42 heavy (non-hydrogen) atoms. The Balaban J connectivity index is 1.31. The van der Waals surface area contributed by atoms with Crippen molar-refractivity contribution in [2.45, 2.75) is 46.0 Å². The van der Waals surface area contributed by atoms with Crippen LogP contribution in [0.1, 0.15) is 41.0 Å². The first-order valence-corrected chi connectivity index (χ1v) is 14.5. The lowest BCUT2D eigenvalue weighted by Gasteiger charge is -2.20. The van der Waals surface area contributed by atoms with Crippen molar-refractivity contribution in [2.75, 3.05) is 16.2 Å². The summed E-state index contributed by atoms with van der Waals surface area (Å²) in [5.41, 5.74) is 11.1. The molecule has 0 saturated heterocycles. The fourth-order valence-corrected chi connectivity index (χ4v) is 5.36. The van der Waals surface area contributed by atoms with Crippen molar-refractivity contribution in [3.63, 3.8) is 0 Å². The number of allylic oxidation sites excluding steroid dienone is 2. The summed E-state index contributed by atoms with van der Waals surface area (Å²) in [6, 6.07) is 11.1. The van der Waals surface area contributed by atoms with Gasteiger partial charge in [0, 0.05) is 22.6 Å². The van der Waals surface area contributed by atoms with Crippen molar-refractivity contribution in [3.05, 3.63) is 89.3 Å². The number of nitrogen functional groups attached to an aromatic ring is 1. The minimum Gasteiger partial charge on any atom is -0.483 e. The number of carbonyl (C=O) groups is 2. The zero-order chi connectivity index (χ0) is 30.0. The van der Waals surface area contributed by atoms with Crippen LogP contribution < -0.4 is 20.5 Å². The molecule has 1 aliphatic rings. The fraction of sp³-hybridized carbons (Fsp3) is 0.258. The molecule has 0 spiro atoms. The standard InChI is InChI=1S/C31H33FN6O3S/c1-17(2)35-29(39)16-42-37-24-14-25-20(11-18(24)3)13-26(36-25)30(40)22-15-34-38(31(22)33)27-10-9-21(12-19(27)4)41-28-8-6-5-7-23(28)32/h5-15,17,23,28,36-37H,16,33H2,1-4H3,(H,35,39). The SMILES string of the molecule is Cc1cc2cc(C(=O)c3cnn(-c4ccc(OC5C=CC=CC5F)cc4C)c3N)[nH]c2cc1NSCC(=O)NC(C)C. The fourth-order valence-electron chi connectivity index (χ4n) is 4.70. The Morgan fingerprint density at radius 1 is 1.14 bits per heavy atom. The molecule has 5 N–H and O–H groups in total. The van der Waals surface area contributed by atoms with Crippen molar-refractivity contribution < 1.29 is 18.7 Å². The number of aromatic nitrogens is 3. The van der Waals surface area contributed by atoms with E-state index in [1.54, 1.807) is 42.5 Å². The van der Waals surface area contributed by atoms with E-state index < -0.39 is 12.3 Å². The molecule has 2 atom stereocenters. The van der Waals surface area contributed by atoms with E-state index in [1.807, 2.05) is 39.8 Å². The first-order valence-electron chi connectivity index (χ1n) is 13.6. The van der Waals surface area contributed by atoms with Crippen LogP contribution in [0, 0.1) is 13.8 Å². The third-order valence-corrected chi connectivity index (χ3v) is 7.56. The second-order valence-corrected chi connectivity index (χ2v) is 11.3. The van der Waals surface area contributed by atoms with E-state index in [-0.39, 0.29) is 34.9 Å². The first kappa shape index (κ1) is 29.0. The molecule has 2 unspecified atom stereocenters. The molecule has 2 aromatic heterocycles. The number of benzene rings is 2. The molecule has 9 nitrogen and oxygen atoms in total. The summed E-state index contributed by atoms with van der Waals surface area (Å²) >= 11 is 1.30. The van der Waals surface area contributed by atoms with Gasteiger partial charge in [0.2, 0.25) is 11.7 Å². The predicted octanol–water partition coefficient (Wildman–Crippen LogP) is 5.58. The van der Waals surface area contributed by atoms with Crippen molar-refractivity contribution in [3.8, 4) is 11.4 Å². The predicted molar refractivity (Wildman–Crippen MR) is 166 cm³/mol. The van der Waals surface area contributed by atoms with Gasteiger partial charge in [0.15, 0.2) is 12.3 Å². The summed E-state index contributed by atoms with van der Waals surface area (Å²) in [6.45, 7) is 7.67. The summed E-state index contributed by atoms with van der Waals surface area (Å²) in [5.74, 6) is 0.664. The topological polar surface area (TPSA) is 127 Å². The minimum atomic E-state index is -1.22. The molecule has 4 aromatic rings. The molecule has 2 aromatic carbocycles. The van der Waals surface area contributed by atoms with Crippen LogP contribution in [-0.4, -0.2) is 50.5 Å². The van der Waals surface area contributed by atoms with E-state index in [0.717, 1.165) is 27.7 Å².